The van der Waals surface area contributed by atoms with Crippen LogP contribution in [-0.2, 0) is 0 Å². The van der Waals surface area contributed by atoms with Crippen LogP contribution in [0.25, 0.3) is 6.08 Å². The third-order valence-corrected chi connectivity index (χ3v) is 4.50. The van der Waals surface area contributed by atoms with E-state index in [1.165, 1.54) is 44.6 Å². The molecule has 0 spiro atoms. The van der Waals surface area contributed by atoms with Crippen LogP contribution in [0.1, 0.15) is 26.3 Å². The molecule has 8 heteroatoms. The first-order valence-corrected chi connectivity index (χ1v) is 9.42. The van der Waals surface area contributed by atoms with E-state index >= 15 is 0 Å². The van der Waals surface area contributed by atoms with Crippen molar-refractivity contribution >= 4 is 23.5 Å². The molecule has 0 heterocycles. The van der Waals surface area contributed by atoms with Crippen LogP contribution in [0.3, 0.4) is 0 Å². The molecule has 32 heavy (non-hydrogen) atoms. The van der Waals surface area contributed by atoms with Crippen LogP contribution in [0.5, 0.6) is 17.2 Å². The van der Waals surface area contributed by atoms with Gasteiger partial charge in [-0.05, 0) is 54.1 Å². The fourth-order valence-electron chi connectivity index (χ4n) is 2.80. The lowest BCUT2D eigenvalue weighted by Gasteiger charge is -2.08. The minimum Gasteiger partial charge on any atom is -0.497 e. The lowest BCUT2D eigenvalue weighted by Crippen LogP contribution is -2.08. The summed E-state index contributed by atoms with van der Waals surface area (Å²) in [6.07, 6.45) is 3.04. The number of nitrogens with zero attached hydrogens (tertiary/aromatic N) is 1. The first kappa shape index (κ1) is 22.2. The molecule has 3 rings (SSSR count). The molecule has 0 aromatic heterocycles. The minimum atomic E-state index is -0.636. The van der Waals surface area contributed by atoms with Gasteiger partial charge < -0.3 is 14.2 Å². The number of nitro benzene ring substituents is 1. The van der Waals surface area contributed by atoms with Gasteiger partial charge >= 0.3 is 5.97 Å². The van der Waals surface area contributed by atoms with Gasteiger partial charge in [0.2, 0.25) is 0 Å². The van der Waals surface area contributed by atoms with E-state index in [4.69, 9.17) is 14.2 Å². The fraction of sp³-hybridized carbons (Fsp3) is 0.0833. The van der Waals surface area contributed by atoms with Crippen LogP contribution in [0.4, 0.5) is 5.69 Å². The van der Waals surface area contributed by atoms with Gasteiger partial charge in [-0.3, -0.25) is 14.9 Å². The Balaban J connectivity index is 1.66. The first-order valence-electron chi connectivity index (χ1n) is 9.42. The number of ether oxygens (including phenoxy) is 3. The number of benzene rings is 3. The molecule has 0 aliphatic heterocycles. The number of ketones is 1. The number of nitro groups is 1. The summed E-state index contributed by atoms with van der Waals surface area (Å²) in [5, 5.41) is 10.7. The van der Waals surface area contributed by atoms with E-state index in [0.717, 1.165) is 5.56 Å². The summed E-state index contributed by atoms with van der Waals surface area (Å²) in [6.45, 7) is 0. The lowest BCUT2D eigenvalue weighted by atomic mass is 10.1. The van der Waals surface area contributed by atoms with Gasteiger partial charge in [0, 0.05) is 12.1 Å². The van der Waals surface area contributed by atoms with E-state index in [1.807, 2.05) is 0 Å². The molecule has 0 fully saturated rings. The van der Waals surface area contributed by atoms with Crippen molar-refractivity contribution in [3.8, 4) is 17.2 Å². The van der Waals surface area contributed by atoms with Crippen molar-refractivity contribution in [3.05, 3.63) is 99.6 Å². The molecule has 0 N–H and O–H groups in total. The van der Waals surface area contributed by atoms with Crippen LogP contribution >= 0.6 is 0 Å². The zero-order valence-electron chi connectivity index (χ0n) is 17.3. The Labute approximate surface area is 183 Å². The van der Waals surface area contributed by atoms with E-state index in [2.05, 4.69) is 0 Å². The predicted molar refractivity (Wildman–Crippen MR) is 117 cm³/mol. The highest BCUT2D eigenvalue weighted by Crippen LogP contribution is 2.25. The Hall–Kier alpha value is -4.46. The molecule has 0 saturated carbocycles. The number of allylic oxidation sites excluding steroid dienone is 1. The highest BCUT2D eigenvalue weighted by atomic mass is 16.6. The van der Waals surface area contributed by atoms with E-state index < -0.39 is 10.9 Å². The zero-order valence-corrected chi connectivity index (χ0v) is 17.3. The van der Waals surface area contributed by atoms with Gasteiger partial charge in [-0.15, -0.1) is 0 Å². The Kier molecular flexibility index (Phi) is 6.97. The summed E-state index contributed by atoms with van der Waals surface area (Å²) in [6, 6.07) is 16.6. The van der Waals surface area contributed by atoms with Crippen LogP contribution in [0.15, 0.2) is 72.8 Å². The smallest absolute Gasteiger partial charge is 0.343 e. The molecule has 8 nitrogen and oxygen atoms in total. The normalized spacial score (nSPS) is 10.6. The van der Waals surface area contributed by atoms with Gasteiger partial charge in [-0.25, -0.2) is 4.79 Å². The Morgan fingerprint density at radius 1 is 0.875 bits per heavy atom. The third kappa shape index (κ3) is 5.37. The van der Waals surface area contributed by atoms with Crippen LogP contribution in [-0.4, -0.2) is 30.9 Å². The molecule has 0 bridgehead atoms. The van der Waals surface area contributed by atoms with Gasteiger partial charge in [0.25, 0.3) is 5.69 Å². The fourth-order valence-corrected chi connectivity index (χ4v) is 2.80. The quantitative estimate of drug-likeness (QED) is 0.126. The monoisotopic (exact) mass is 433 g/mol. The maximum atomic E-state index is 12.6. The predicted octanol–water partition coefficient (Wildman–Crippen LogP) is 4.73. The molecule has 0 aliphatic carbocycles. The van der Waals surface area contributed by atoms with Crippen molar-refractivity contribution in [2.45, 2.75) is 0 Å². The number of non-ortho nitro benzene ring substituents is 1. The highest BCUT2D eigenvalue weighted by Gasteiger charge is 2.13. The summed E-state index contributed by atoms with van der Waals surface area (Å²) in [7, 11) is 3.00. The van der Waals surface area contributed by atoms with Crippen molar-refractivity contribution in [1.82, 2.24) is 0 Å². The number of hydrogen-bond donors (Lipinski definition) is 0. The van der Waals surface area contributed by atoms with Gasteiger partial charge in [-0.1, -0.05) is 18.2 Å². The van der Waals surface area contributed by atoms with E-state index in [-0.39, 0.29) is 17.0 Å². The summed E-state index contributed by atoms with van der Waals surface area (Å²) < 4.78 is 15.7. The molecule has 0 radical (unpaired) electrons. The second kappa shape index (κ2) is 10.0. The van der Waals surface area contributed by atoms with Crippen molar-refractivity contribution in [2.75, 3.05) is 14.2 Å². The van der Waals surface area contributed by atoms with Crippen LogP contribution in [0.2, 0.25) is 0 Å². The molecule has 0 amide bonds. The highest BCUT2D eigenvalue weighted by molar-refractivity contribution is 6.08. The van der Waals surface area contributed by atoms with E-state index in [0.29, 0.717) is 22.8 Å². The number of carbonyl (C=O) groups excluding carboxylic acids is 2. The number of methoxy groups -OCH3 is 2. The zero-order chi connectivity index (χ0) is 23.1. The van der Waals surface area contributed by atoms with Gasteiger partial charge in [0.1, 0.15) is 17.2 Å². The minimum absolute atomic E-state index is 0.112. The van der Waals surface area contributed by atoms with Crippen LogP contribution < -0.4 is 14.2 Å². The SMILES string of the molecule is COc1ccc(OC)c(C(=O)C=Cc2ccc(OC(=O)c3ccc([N+](=O)[O-])cc3)cc2)c1. The van der Waals surface area contributed by atoms with E-state index in [9.17, 15) is 19.7 Å². The molecular weight excluding hydrogens is 414 g/mol. The average Bonchev–Trinajstić information content (AvgIpc) is 2.82. The van der Waals surface area contributed by atoms with Crippen molar-refractivity contribution in [2.24, 2.45) is 0 Å². The number of carbonyl (C=O) groups is 2. The van der Waals surface area contributed by atoms with Crippen molar-refractivity contribution in [1.29, 1.82) is 0 Å². The molecule has 162 valence electrons. The number of hydrogen-bond acceptors (Lipinski definition) is 7. The Bertz CT molecular complexity index is 1170. The molecule has 3 aromatic carbocycles. The standard InChI is InChI=1S/C24H19NO7/c1-30-20-12-14-23(31-2)21(15-20)22(26)13-5-16-3-10-19(11-4-16)32-24(27)17-6-8-18(9-7-17)25(28)29/h3-15H,1-2H3. The van der Waals surface area contributed by atoms with Crippen molar-refractivity contribution in [3.63, 3.8) is 0 Å². The topological polar surface area (TPSA) is 105 Å². The van der Waals surface area contributed by atoms with Gasteiger partial charge in [-0.2, -0.15) is 0 Å². The lowest BCUT2D eigenvalue weighted by molar-refractivity contribution is -0.384. The van der Waals surface area contributed by atoms with Crippen LogP contribution in [0, 0.1) is 10.1 Å². The summed E-state index contributed by atoms with van der Waals surface area (Å²) in [5.74, 6) is 0.389. The number of rotatable bonds is 8. The van der Waals surface area contributed by atoms with Gasteiger partial charge in [0.15, 0.2) is 5.78 Å². The second-order valence-corrected chi connectivity index (χ2v) is 6.53. The average molecular weight is 433 g/mol. The second-order valence-electron chi connectivity index (χ2n) is 6.53. The molecule has 0 atom stereocenters. The molecule has 0 aliphatic rings. The maximum Gasteiger partial charge on any atom is 0.343 e. The van der Waals surface area contributed by atoms with Gasteiger partial charge in [0.05, 0.1) is 30.3 Å². The summed E-state index contributed by atoms with van der Waals surface area (Å²) in [5.41, 5.74) is 1.17. The Morgan fingerprint density at radius 3 is 2.12 bits per heavy atom. The van der Waals surface area contributed by atoms with E-state index in [1.54, 1.807) is 48.5 Å². The summed E-state index contributed by atoms with van der Waals surface area (Å²) in [4.78, 5) is 34.9. The Morgan fingerprint density at radius 2 is 1.53 bits per heavy atom. The molecule has 0 saturated heterocycles. The third-order valence-electron chi connectivity index (χ3n) is 4.50. The van der Waals surface area contributed by atoms with Crippen molar-refractivity contribution < 1.29 is 28.7 Å². The molecule has 0 unspecified atom stereocenters. The molecular formula is C24H19NO7. The molecule has 3 aromatic rings. The summed E-state index contributed by atoms with van der Waals surface area (Å²) >= 11 is 0. The number of esters is 1. The first-order chi connectivity index (χ1) is 15.4. The largest absolute Gasteiger partial charge is 0.497 e. The maximum absolute atomic E-state index is 12.6.